The first-order chi connectivity index (χ1) is 19.3. The van der Waals surface area contributed by atoms with E-state index in [1.165, 1.54) is 11.8 Å². The first kappa shape index (κ1) is 29.7. The maximum absolute atomic E-state index is 13.2. The molecule has 3 N–H and O–H groups in total. The summed E-state index contributed by atoms with van der Waals surface area (Å²) in [4.78, 5) is 41.9. The summed E-state index contributed by atoms with van der Waals surface area (Å²) in [5, 5.41) is 5.82. The van der Waals surface area contributed by atoms with Crippen molar-refractivity contribution >= 4 is 35.2 Å². The smallest absolute Gasteiger partial charge is 0.254 e. The summed E-state index contributed by atoms with van der Waals surface area (Å²) in [5.74, 6) is -3.79. The van der Waals surface area contributed by atoms with E-state index >= 15 is 0 Å². The molecule has 222 valence electrons. The number of ether oxygens (including phenoxy) is 2. The quantitative estimate of drug-likeness (QED) is 0.358. The van der Waals surface area contributed by atoms with E-state index in [0.29, 0.717) is 53.9 Å². The number of thioether (sulfide) groups is 1. The van der Waals surface area contributed by atoms with E-state index in [1.807, 2.05) is 19.2 Å². The highest BCUT2D eigenvalue weighted by molar-refractivity contribution is 7.98. The molecule has 0 unspecified atom stereocenters. The largest absolute Gasteiger partial charge is 0.448 e. The van der Waals surface area contributed by atoms with Crippen molar-refractivity contribution in [3.8, 4) is 11.5 Å². The standard InChI is InChI=1S/C29H34ClF2N3O5S/c1-14-9-22(41-4)20(27(38)34-14)13-33-26(37)19-10-21(30)24-23(15(19)2)39-28(3,40-24)17-7-5-16(6-8-17)25(36)35-18-11-29(31,32)12-18/h9-10,16-18H,5-8,11-13H2,1-4H3,(H,33,37)(H,34,38)(H,35,36)/t16-,17-,28-/m0/s1. The van der Waals surface area contributed by atoms with Gasteiger partial charge in [-0.25, -0.2) is 8.78 Å². The maximum atomic E-state index is 13.2. The Morgan fingerprint density at radius 1 is 1.12 bits per heavy atom. The molecule has 12 heteroatoms. The SMILES string of the molecule is CSc1cc(C)[nH]c(=O)c1CNC(=O)c1cc(Cl)c2c(c1C)O[C@](C)([C@H]1CC[C@H](C(=O)NC3CC(F)(F)C3)CC1)O2. The van der Waals surface area contributed by atoms with Gasteiger partial charge in [-0.2, -0.15) is 0 Å². The Labute approximate surface area is 246 Å². The molecule has 2 saturated carbocycles. The molecule has 2 aromatic rings. The van der Waals surface area contributed by atoms with Crippen molar-refractivity contribution in [3.05, 3.63) is 49.9 Å². The molecule has 0 saturated heterocycles. The zero-order chi connectivity index (χ0) is 29.7. The normalized spacial score (nSPS) is 25.0. The Balaban J connectivity index is 1.23. The zero-order valence-electron chi connectivity index (χ0n) is 23.4. The van der Waals surface area contributed by atoms with Gasteiger partial charge < -0.3 is 25.1 Å². The van der Waals surface area contributed by atoms with E-state index in [9.17, 15) is 23.2 Å². The van der Waals surface area contributed by atoms with Crippen LogP contribution in [-0.4, -0.2) is 40.8 Å². The predicted molar refractivity (Wildman–Crippen MR) is 152 cm³/mol. The minimum atomic E-state index is -2.67. The Kier molecular flexibility index (Phi) is 8.06. The monoisotopic (exact) mass is 609 g/mol. The topological polar surface area (TPSA) is 110 Å². The number of nitrogens with one attached hydrogen (secondary N) is 3. The number of rotatable bonds is 7. The Morgan fingerprint density at radius 2 is 1.78 bits per heavy atom. The number of amides is 2. The van der Waals surface area contributed by atoms with Crippen LogP contribution in [0.4, 0.5) is 8.78 Å². The van der Waals surface area contributed by atoms with Gasteiger partial charge in [0.2, 0.25) is 5.91 Å². The maximum Gasteiger partial charge on any atom is 0.254 e. The number of aromatic amines is 1. The Hall–Kier alpha value is -2.79. The third-order valence-corrected chi connectivity index (χ3v) is 9.53. The van der Waals surface area contributed by atoms with Crippen LogP contribution in [0.3, 0.4) is 0 Å². The molecule has 5 rings (SSSR count). The summed E-state index contributed by atoms with van der Waals surface area (Å²) in [7, 11) is 0. The second kappa shape index (κ2) is 11.1. The number of halogens is 3. The molecular formula is C29H34ClF2N3O5S. The van der Waals surface area contributed by atoms with Gasteiger partial charge in [-0.3, -0.25) is 14.4 Å². The lowest BCUT2D eigenvalue weighted by Crippen LogP contribution is -2.52. The lowest BCUT2D eigenvalue weighted by atomic mass is 9.77. The van der Waals surface area contributed by atoms with Crippen LogP contribution in [0.5, 0.6) is 11.5 Å². The highest BCUT2D eigenvalue weighted by Crippen LogP contribution is 2.52. The number of carbonyl (C=O) groups excluding carboxylic acids is 2. The molecule has 0 spiro atoms. The van der Waals surface area contributed by atoms with E-state index in [2.05, 4.69) is 15.6 Å². The van der Waals surface area contributed by atoms with Gasteiger partial charge in [-0.15, -0.1) is 11.8 Å². The molecule has 2 aliphatic carbocycles. The number of alkyl halides is 2. The van der Waals surface area contributed by atoms with Gasteiger partial charge in [-0.05, 0) is 57.9 Å². The number of hydrogen-bond donors (Lipinski definition) is 3. The summed E-state index contributed by atoms with van der Waals surface area (Å²) in [6.07, 6.45) is 3.76. The second-order valence-electron chi connectivity index (χ2n) is 11.4. The lowest BCUT2D eigenvalue weighted by Gasteiger charge is -2.39. The molecule has 8 nitrogen and oxygen atoms in total. The van der Waals surface area contributed by atoms with Crippen LogP contribution in [0.15, 0.2) is 21.8 Å². The van der Waals surface area contributed by atoms with Crippen molar-refractivity contribution in [2.75, 3.05) is 6.26 Å². The average Bonchev–Trinajstić information content (AvgIpc) is 3.28. The third-order valence-electron chi connectivity index (χ3n) is 8.44. The average molecular weight is 610 g/mol. The summed E-state index contributed by atoms with van der Waals surface area (Å²) in [6.45, 7) is 5.45. The van der Waals surface area contributed by atoms with Gasteiger partial charge in [-0.1, -0.05) is 11.6 Å². The van der Waals surface area contributed by atoms with Crippen molar-refractivity contribution in [1.82, 2.24) is 15.6 Å². The molecule has 1 aromatic carbocycles. The fraction of sp³-hybridized carbons (Fsp3) is 0.552. The molecule has 2 heterocycles. The summed E-state index contributed by atoms with van der Waals surface area (Å²) in [5.41, 5.74) is 1.86. The van der Waals surface area contributed by atoms with Gasteiger partial charge in [0.1, 0.15) is 0 Å². The molecule has 3 aliphatic rings. The second-order valence-corrected chi connectivity index (χ2v) is 12.7. The van der Waals surface area contributed by atoms with Crippen LogP contribution in [0.1, 0.15) is 72.6 Å². The molecular weight excluding hydrogens is 576 g/mol. The molecule has 1 aliphatic heterocycles. The van der Waals surface area contributed by atoms with Gasteiger partial charge >= 0.3 is 0 Å². The molecule has 0 bridgehead atoms. The van der Waals surface area contributed by atoms with Crippen LogP contribution in [0, 0.1) is 25.7 Å². The minimum Gasteiger partial charge on any atom is -0.448 e. The number of hydrogen-bond acceptors (Lipinski definition) is 6. The number of H-pyrrole nitrogens is 1. The first-order valence-electron chi connectivity index (χ1n) is 13.7. The van der Waals surface area contributed by atoms with Crippen molar-refractivity contribution in [2.45, 2.75) is 88.5 Å². The summed E-state index contributed by atoms with van der Waals surface area (Å²) in [6, 6.07) is 2.96. The molecule has 1 aromatic heterocycles. The van der Waals surface area contributed by atoms with Crippen LogP contribution in [0.2, 0.25) is 5.02 Å². The third kappa shape index (κ3) is 5.93. The van der Waals surface area contributed by atoms with E-state index in [0.717, 1.165) is 10.6 Å². The molecule has 41 heavy (non-hydrogen) atoms. The van der Waals surface area contributed by atoms with Crippen molar-refractivity contribution < 1.29 is 27.8 Å². The summed E-state index contributed by atoms with van der Waals surface area (Å²) >= 11 is 8.00. The fourth-order valence-corrected chi connectivity index (χ4v) is 6.95. The van der Waals surface area contributed by atoms with Crippen LogP contribution < -0.4 is 25.7 Å². The van der Waals surface area contributed by atoms with Gasteiger partial charge in [0.25, 0.3) is 23.2 Å². The van der Waals surface area contributed by atoms with Crippen molar-refractivity contribution in [2.24, 2.45) is 11.8 Å². The van der Waals surface area contributed by atoms with E-state index in [1.54, 1.807) is 19.9 Å². The highest BCUT2D eigenvalue weighted by Gasteiger charge is 2.49. The number of benzene rings is 1. The number of pyridine rings is 1. The van der Waals surface area contributed by atoms with E-state index < -0.39 is 23.7 Å². The molecule has 0 radical (unpaired) electrons. The van der Waals surface area contributed by atoms with E-state index in [4.69, 9.17) is 21.1 Å². The number of carbonyl (C=O) groups is 2. The van der Waals surface area contributed by atoms with Crippen LogP contribution in [0.25, 0.3) is 0 Å². The number of aromatic nitrogens is 1. The molecule has 1 atom stereocenters. The van der Waals surface area contributed by atoms with Gasteiger partial charge in [0, 0.05) is 71.5 Å². The Morgan fingerprint density at radius 3 is 2.41 bits per heavy atom. The first-order valence-corrected chi connectivity index (χ1v) is 15.3. The van der Waals surface area contributed by atoms with Crippen molar-refractivity contribution in [1.29, 1.82) is 0 Å². The Bertz CT molecular complexity index is 1430. The van der Waals surface area contributed by atoms with Gasteiger partial charge in [0.15, 0.2) is 11.5 Å². The van der Waals surface area contributed by atoms with Crippen molar-refractivity contribution in [3.63, 3.8) is 0 Å². The zero-order valence-corrected chi connectivity index (χ0v) is 25.0. The highest BCUT2D eigenvalue weighted by atomic mass is 35.5. The predicted octanol–water partition coefficient (Wildman–Crippen LogP) is 5.50. The molecule has 2 fully saturated rings. The molecule has 2 amide bonds. The lowest BCUT2D eigenvalue weighted by molar-refractivity contribution is -0.140. The number of aryl methyl sites for hydroxylation is 1. The van der Waals surface area contributed by atoms with Crippen LogP contribution in [-0.2, 0) is 11.3 Å². The van der Waals surface area contributed by atoms with E-state index in [-0.39, 0.29) is 47.7 Å². The van der Waals surface area contributed by atoms with Gasteiger partial charge in [0.05, 0.1) is 5.02 Å². The number of fused-ring (bicyclic) bond motifs is 1. The summed E-state index contributed by atoms with van der Waals surface area (Å²) < 4.78 is 38.9. The fourth-order valence-electron chi connectivity index (χ4n) is 6.01. The minimum absolute atomic E-state index is 0.0436. The van der Waals surface area contributed by atoms with Crippen LogP contribution >= 0.6 is 23.4 Å².